The number of fused-ring (bicyclic) bond motifs is 1. The summed E-state index contributed by atoms with van der Waals surface area (Å²) >= 11 is 12.1. The van der Waals surface area contributed by atoms with E-state index in [1.165, 1.54) is 22.1 Å². The summed E-state index contributed by atoms with van der Waals surface area (Å²) in [6.45, 7) is 0. The number of hydrogen-bond acceptors (Lipinski definition) is 3. The van der Waals surface area contributed by atoms with Crippen LogP contribution < -0.4 is 10.2 Å². The second kappa shape index (κ2) is 6.45. The Morgan fingerprint density at radius 1 is 0.960 bits per heavy atom. The summed E-state index contributed by atoms with van der Waals surface area (Å²) in [5.74, 6) is -0.507. The van der Waals surface area contributed by atoms with Crippen LogP contribution in [0.4, 0.5) is 5.69 Å². The molecule has 25 heavy (non-hydrogen) atoms. The zero-order chi connectivity index (χ0) is 17.6. The van der Waals surface area contributed by atoms with Crippen molar-refractivity contribution in [2.75, 3.05) is 4.90 Å². The van der Waals surface area contributed by atoms with Gasteiger partial charge in [0.05, 0.1) is 23.2 Å². The molecule has 1 N–H and O–H groups in total. The molecule has 1 fully saturated rings. The van der Waals surface area contributed by atoms with Crippen LogP contribution in [-0.2, 0) is 22.4 Å². The van der Waals surface area contributed by atoms with Crippen LogP contribution in [0.15, 0.2) is 42.5 Å². The van der Waals surface area contributed by atoms with Gasteiger partial charge in [0.2, 0.25) is 5.91 Å². The Morgan fingerprint density at radius 3 is 2.28 bits per heavy atom. The number of carbonyl (C=O) groups is 2. The Labute approximate surface area is 155 Å². The lowest BCUT2D eigenvalue weighted by molar-refractivity contribution is -0.121. The third kappa shape index (κ3) is 3.06. The Morgan fingerprint density at radius 2 is 1.64 bits per heavy atom. The lowest BCUT2D eigenvalue weighted by Crippen LogP contribution is -2.44. The smallest absolute Gasteiger partial charge is 0.251 e. The number of hydrogen-bond donors (Lipinski definition) is 1. The van der Waals surface area contributed by atoms with E-state index in [4.69, 9.17) is 23.2 Å². The number of halogens is 2. The number of amides is 2. The molecule has 1 saturated heterocycles. The Kier molecular flexibility index (Phi) is 4.28. The van der Waals surface area contributed by atoms with Crippen LogP contribution in [0.1, 0.15) is 17.5 Å². The van der Waals surface area contributed by atoms with Crippen LogP contribution in [0.5, 0.6) is 0 Å². The number of anilines is 1. The fourth-order valence-corrected chi connectivity index (χ4v) is 4.13. The van der Waals surface area contributed by atoms with Crippen molar-refractivity contribution < 1.29 is 9.59 Å². The van der Waals surface area contributed by atoms with Gasteiger partial charge in [-0.15, -0.1) is 0 Å². The Balaban J connectivity index is 1.50. The highest BCUT2D eigenvalue weighted by atomic mass is 35.5. The van der Waals surface area contributed by atoms with Crippen molar-refractivity contribution in [1.82, 2.24) is 5.32 Å². The van der Waals surface area contributed by atoms with Crippen LogP contribution in [0, 0.1) is 0 Å². The average molecular weight is 375 g/mol. The molecule has 1 heterocycles. The molecule has 128 valence electrons. The first-order valence-corrected chi connectivity index (χ1v) is 8.93. The van der Waals surface area contributed by atoms with Gasteiger partial charge < -0.3 is 5.32 Å². The van der Waals surface area contributed by atoms with Crippen LogP contribution in [0.2, 0.25) is 10.0 Å². The van der Waals surface area contributed by atoms with E-state index in [9.17, 15) is 9.59 Å². The standard InChI is InChI=1S/C19H16Cl2N2O2/c20-13-5-6-17(15(21)9-13)23-18(24)10-16(19(23)25)22-14-7-11-3-1-2-4-12(11)8-14/h1-6,9,14,16,22H,7-8,10H2. The molecule has 0 saturated carbocycles. The van der Waals surface area contributed by atoms with Crippen LogP contribution >= 0.6 is 23.2 Å². The molecule has 2 amide bonds. The van der Waals surface area contributed by atoms with E-state index < -0.39 is 6.04 Å². The second-order valence-electron chi connectivity index (χ2n) is 6.46. The molecule has 2 aromatic rings. The largest absolute Gasteiger partial charge is 0.302 e. The van der Waals surface area contributed by atoms with Gasteiger partial charge in [-0.05, 0) is 42.2 Å². The molecule has 0 radical (unpaired) electrons. The molecule has 2 aromatic carbocycles. The normalized spacial score (nSPS) is 20.4. The highest BCUT2D eigenvalue weighted by Crippen LogP contribution is 2.33. The number of carbonyl (C=O) groups excluding carboxylic acids is 2. The van der Waals surface area contributed by atoms with Crippen molar-refractivity contribution in [3.63, 3.8) is 0 Å². The highest BCUT2D eigenvalue weighted by molar-refractivity contribution is 6.38. The third-order valence-corrected chi connectivity index (χ3v) is 5.32. The molecule has 0 aromatic heterocycles. The van der Waals surface area contributed by atoms with Gasteiger partial charge in [-0.25, -0.2) is 4.90 Å². The van der Waals surface area contributed by atoms with Gasteiger partial charge in [0.1, 0.15) is 0 Å². The molecule has 0 bridgehead atoms. The monoisotopic (exact) mass is 374 g/mol. The summed E-state index contributed by atoms with van der Waals surface area (Å²) in [6.07, 6.45) is 1.89. The molecule has 1 atom stereocenters. The summed E-state index contributed by atoms with van der Waals surface area (Å²) in [7, 11) is 0. The summed E-state index contributed by atoms with van der Waals surface area (Å²) in [5.41, 5.74) is 2.99. The predicted molar refractivity (Wildman–Crippen MR) is 98.1 cm³/mol. The van der Waals surface area contributed by atoms with Crippen LogP contribution in [-0.4, -0.2) is 23.9 Å². The van der Waals surface area contributed by atoms with E-state index >= 15 is 0 Å². The fourth-order valence-electron chi connectivity index (χ4n) is 3.64. The highest BCUT2D eigenvalue weighted by Gasteiger charge is 2.41. The number of nitrogens with one attached hydrogen (secondary N) is 1. The summed E-state index contributed by atoms with van der Waals surface area (Å²) < 4.78 is 0. The minimum Gasteiger partial charge on any atom is -0.302 e. The molecule has 1 unspecified atom stereocenters. The van der Waals surface area contributed by atoms with Crippen LogP contribution in [0.25, 0.3) is 0 Å². The Bertz CT molecular complexity index is 843. The number of imide groups is 1. The summed E-state index contributed by atoms with van der Waals surface area (Å²) in [6, 6.07) is 12.7. The maximum absolute atomic E-state index is 12.8. The van der Waals surface area contributed by atoms with Crippen molar-refractivity contribution in [3.05, 3.63) is 63.6 Å². The van der Waals surface area contributed by atoms with Gasteiger partial charge >= 0.3 is 0 Å². The summed E-state index contributed by atoms with van der Waals surface area (Å²) in [5, 5.41) is 4.11. The maximum atomic E-state index is 12.8. The summed E-state index contributed by atoms with van der Waals surface area (Å²) in [4.78, 5) is 26.3. The van der Waals surface area contributed by atoms with Crippen molar-refractivity contribution >= 4 is 40.7 Å². The molecule has 0 spiro atoms. The van der Waals surface area contributed by atoms with Gasteiger partial charge in [0.25, 0.3) is 5.91 Å². The quantitative estimate of drug-likeness (QED) is 0.837. The molecular formula is C19H16Cl2N2O2. The van der Waals surface area contributed by atoms with Gasteiger partial charge in [0, 0.05) is 11.1 Å². The van der Waals surface area contributed by atoms with Crippen molar-refractivity contribution in [3.8, 4) is 0 Å². The van der Waals surface area contributed by atoms with E-state index in [1.807, 2.05) is 12.1 Å². The minimum absolute atomic E-state index is 0.143. The second-order valence-corrected chi connectivity index (χ2v) is 7.30. The van der Waals surface area contributed by atoms with Crippen molar-refractivity contribution in [1.29, 1.82) is 0 Å². The van der Waals surface area contributed by atoms with Crippen LogP contribution in [0.3, 0.4) is 0 Å². The molecule has 4 rings (SSSR count). The average Bonchev–Trinajstić information content (AvgIpc) is 3.09. The fraction of sp³-hybridized carbons (Fsp3) is 0.263. The van der Waals surface area contributed by atoms with Gasteiger partial charge in [-0.3, -0.25) is 9.59 Å². The zero-order valence-corrected chi connectivity index (χ0v) is 14.8. The van der Waals surface area contributed by atoms with Gasteiger partial charge in [-0.2, -0.15) is 0 Å². The molecule has 1 aliphatic heterocycles. The lowest BCUT2D eigenvalue weighted by Gasteiger charge is -2.19. The molecule has 1 aliphatic carbocycles. The first-order chi connectivity index (χ1) is 12.0. The molecule has 4 nitrogen and oxygen atoms in total. The van der Waals surface area contributed by atoms with Gasteiger partial charge in [-0.1, -0.05) is 47.5 Å². The Hall–Kier alpha value is -1.88. The number of rotatable bonds is 3. The predicted octanol–water partition coefficient (Wildman–Crippen LogP) is 3.38. The third-order valence-electron chi connectivity index (χ3n) is 4.79. The first-order valence-electron chi connectivity index (χ1n) is 8.17. The van der Waals surface area contributed by atoms with Gasteiger partial charge in [0.15, 0.2) is 0 Å². The van der Waals surface area contributed by atoms with E-state index in [0.717, 1.165) is 12.8 Å². The number of nitrogens with zero attached hydrogens (tertiary/aromatic N) is 1. The van der Waals surface area contributed by atoms with E-state index in [2.05, 4.69) is 17.4 Å². The van der Waals surface area contributed by atoms with Crippen molar-refractivity contribution in [2.24, 2.45) is 0 Å². The zero-order valence-electron chi connectivity index (χ0n) is 13.3. The molecule has 2 aliphatic rings. The first kappa shape index (κ1) is 16.6. The SMILES string of the molecule is O=C1CC(NC2Cc3ccccc3C2)C(=O)N1c1ccc(Cl)cc1Cl. The maximum Gasteiger partial charge on any atom is 0.251 e. The molecule has 6 heteroatoms. The van der Waals surface area contributed by atoms with E-state index in [1.54, 1.807) is 12.1 Å². The van der Waals surface area contributed by atoms with Crippen molar-refractivity contribution in [2.45, 2.75) is 31.3 Å². The number of benzene rings is 2. The van der Waals surface area contributed by atoms with E-state index in [-0.39, 0.29) is 24.3 Å². The molecular weight excluding hydrogens is 359 g/mol. The topological polar surface area (TPSA) is 49.4 Å². The van der Waals surface area contributed by atoms with E-state index in [0.29, 0.717) is 15.7 Å². The minimum atomic E-state index is -0.515. The lowest BCUT2D eigenvalue weighted by atomic mass is 10.1.